The Morgan fingerprint density at radius 3 is 2.57 bits per heavy atom. The third-order valence-electron chi connectivity index (χ3n) is 3.86. The third kappa shape index (κ3) is 3.74. The molecule has 1 N–H and O–H groups in total. The van der Waals surface area contributed by atoms with Gasteiger partial charge in [-0.3, -0.25) is 4.68 Å². The number of aryl methyl sites for hydroxylation is 3. The Morgan fingerprint density at radius 2 is 2.00 bits per heavy atom. The summed E-state index contributed by atoms with van der Waals surface area (Å²) in [4.78, 5) is 0. The predicted octanol–water partition coefficient (Wildman–Crippen LogP) is 4.08. The molecule has 4 heteroatoms. The highest BCUT2D eigenvalue weighted by Gasteiger charge is 2.19. The van der Waals surface area contributed by atoms with Crippen molar-refractivity contribution in [2.75, 3.05) is 6.54 Å². The average Bonchev–Trinajstić information content (AvgIpc) is 2.70. The highest BCUT2D eigenvalue weighted by Crippen LogP contribution is 2.27. The first-order valence-electron chi connectivity index (χ1n) is 7.51. The van der Waals surface area contributed by atoms with Crippen molar-refractivity contribution < 1.29 is 0 Å². The van der Waals surface area contributed by atoms with Crippen molar-refractivity contribution in [3.05, 3.63) is 51.3 Å². The van der Waals surface area contributed by atoms with Gasteiger partial charge in [-0.05, 0) is 53.9 Å². The maximum absolute atomic E-state index is 4.50. The molecule has 2 rings (SSSR count). The van der Waals surface area contributed by atoms with Crippen molar-refractivity contribution in [2.24, 2.45) is 7.05 Å². The average molecular weight is 350 g/mol. The topological polar surface area (TPSA) is 29.9 Å². The molecule has 3 nitrogen and oxygen atoms in total. The summed E-state index contributed by atoms with van der Waals surface area (Å²) in [6, 6.07) is 8.93. The molecule has 0 saturated carbocycles. The molecule has 1 atom stereocenters. The molecule has 0 amide bonds. The van der Waals surface area contributed by atoms with Crippen LogP contribution in [0, 0.1) is 13.8 Å². The molecule has 114 valence electrons. The lowest BCUT2D eigenvalue weighted by molar-refractivity contribution is 0.509. The Bertz CT molecular complexity index is 604. The van der Waals surface area contributed by atoms with E-state index in [0.29, 0.717) is 6.04 Å². The fraction of sp³-hybridized carbons (Fsp3) is 0.471. The van der Waals surface area contributed by atoms with Gasteiger partial charge in [-0.2, -0.15) is 5.10 Å². The normalized spacial score (nSPS) is 12.6. The number of hydrogen-bond donors (Lipinski definition) is 1. The maximum atomic E-state index is 4.50. The van der Waals surface area contributed by atoms with Gasteiger partial charge >= 0.3 is 0 Å². The Hall–Kier alpha value is -1.13. The van der Waals surface area contributed by atoms with Gasteiger partial charge in [0.25, 0.3) is 0 Å². The number of halogens is 1. The summed E-state index contributed by atoms with van der Waals surface area (Å²) >= 11 is 3.68. The summed E-state index contributed by atoms with van der Waals surface area (Å²) in [5, 5.41) is 8.18. The molecule has 0 aliphatic heterocycles. The number of aromatic nitrogens is 2. The zero-order valence-electron chi connectivity index (χ0n) is 13.3. The molecule has 0 aliphatic rings. The summed E-state index contributed by atoms with van der Waals surface area (Å²) in [5.74, 6) is 0. The lowest BCUT2D eigenvalue weighted by atomic mass is 9.97. The van der Waals surface area contributed by atoms with Crippen molar-refractivity contribution in [1.29, 1.82) is 0 Å². The van der Waals surface area contributed by atoms with E-state index in [1.807, 2.05) is 18.7 Å². The first-order valence-corrected chi connectivity index (χ1v) is 8.30. The standard InChI is InChI=1S/C17H24BrN3/c1-5-10-19-15(14-9-7-6-8-12(14)2)11-16-17(18)13(3)20-21(16)4/h6-9,15,19H,5,10-11H2,1-4H3. The van der Waals surface area contributed by atoms with Crippen LogP contribution in [0.4, 0.5) is 0 Å². The minimum absolute atomic E-state index is 0.317. The third-order valence-corrected chi connectivity index (χ3v) is 4.90. The first kappa shape index (κ1) is 16.2. The Kier molecular flexibility index (Phi) is 5.59. The highest BCUT2D eigenvalue weighted by molar-refractivity contribution is 9.10. The predicted molar refractivity (Wildman–Crippen MR) is 91.6 cm³/mol. The number of hydrogen-bond acceptors (Lipinski definition) is 2. The monoisotopic (exact) mass is 349 g/mol. The van der Waals surface area contributed by atoms with E-state index in [1.54, 1.807) is 0 Å². The van der Waals surface area contributed by atoms with Crippen LogP contribution in [0.1, 0.15) is 41.9 Å². The fourth-order valence-electron chi connectivity index (χ4n) is 2.68. The minimum atomic E-state index is 0.317. The van der Waals surface area contributed by atoms with E-state index in [4.69, 9.17) is 0 Å². The van der Waals surface area contributed by atoms with Crippen LogP contribution in [-0.4, -0.2) is 16.3 Å². The Labute approximate surface area is 135 Å². The Morgan fingerprint density at radius 1 is 1.29 bits per heavy atom. The van der Waals surface area contributed by atoms with Crippen molar-refractivity contribution in [1.82, 2.24) is 15.1 Å². The summed E-state index contributed by atoms with van der Waals surface area (Å²) in [6.07, 6.45) is 2.07. The van der Waals surface area contributed by atoms with Gasteiger partial charge in [0.2, 0.25) is 0 Å². The van der Waals surface area contributed by atoms with Crippen LogP contribution < -0.4 is 5.32 Å². The van der Waals surface area contributed by atoms with E-state index in [0.717, 1.165) is 29.6 Å². The van der Waals surface area contributed by atoms with Gasteiger partial charge in [0.05, 0.1) is 15.9 Å². The molecule has 0 saturated heterocycles. The second kappa shape index (κ2) is 7.23. The van der Waals surface area contributed by atoms with Crippen LogP contribution >= 0.6 is 15.9 Å². The number of nitrogens with one attached hydrogen (secondary N) is 1. The van der Waals surface area contributed by atoms with Crippen molar-refractivity contribution in [3.8, 4) is 0 Å². The van der Waals surface area contributed by atoms with Crippen molar-refractivity contribution in [2.45, 2.75) is 39.7 Å². The zero-order chi connectivity index (χ0) is 15.4. The van der Waals surface area contributed by atoms with Gasteiger partial charge in [0.1, 0.15) is 0 Å². The van der Waals surface area contributed by atoms with Crippen LogP contribution in [0.2, 0.25) is 0 Å². The van der Waals surface area contributed by atoms with Gasteiger partial charge in [-0.15, -0.1) is 0 Å². The molecule has 1 aromatic carbocycles. The lowest BCUT2D eigenvalue weighted by Gasteiger charge is -2.21. The molecule has 2 aromatic rings. The van der Waals surface area contributed by atoms with Gasteiger partial charge < -0.3 is 5.32 Å². The smallest absolute Gasteiger partial charge is 0.0738 e. The molecule has 0 fully saturated rings. The van der Waals surface area contributed by atoms with Crippen LogP contribution in [0.15, 0.2) is 28.7 Å². The summed E-state index contributed by atoms with van der Waals surface area (Å²) in [7, 11) is 2.02. The molecule has 1 unspecified atom stereocenters. The molecular formula is C17H24BrN3. The summed E-state index contributed by atoms with van der Waals surface area (Å²) in [5.41, 5.74) is 4.99. The molecule has 21 heavy (non-hydrogen) atoms. The molecule has 1 aromatic heterocycles. The van der Waals surface area contributed by atoms with Crippen LogP contribution in [0.5, 0.6) is 0 Å². The van der Waals surface area contributed by atoms with E-state index in [1.165, 1.54) is 16.8 Å². The summed E-state index contributed by atoms with van der Waals surface area (Å²) < 4.78 is 3.11. The van der Waals surface area contributed by atoms with Gasteiger partial charge in [0, 0.05) is 19.5 Å². The van der Waals surface area contributed by atoms with Crippen LogP contribution in [0.25, 0.3) is 0 Å². The number of benzene rings is 1. The minimum Gasteiger partial charge on any atom is -0.310 e. The van der Waals surface area contributed by atoms with Crippen molar-refractivity contribution >= 4 is 15.9 Å². The van der Waals surface area contributed by atoms with E-state index in [9.17, 15) is 0 Å². The van der Waals surface area contributed by atoms with Crippen LogP contribution in [0.3, 0.4) is 0 Å². The molecule has 0 radical (unpaired) electrons. The van der Waals surface area contributed by atoms with Gasteiger partial charge in [0.15, 0.2) is 0 Å². The van der Waals surface area contributed by atoms with Gasteiger partial charge in [-0.25, -0.2) is 0 Å². The maximum Gasteiger partial charge on any atom is 0.0738 e. The second-order valence-electron chi connectivity index (χ2n) is 5.54. The van der Waals surface area contributed by atoms with Crippen LogP contribution in [-0.2, 0) is 13.5 Å². The lowest BCUT2D eigenvalue weighted by Crippen LogP contribution is -2.25. The second-order valence-corrected chi connectivity index (χ2v) is 6.33. The number of rotatable bonds is 6. The quantitative estimate of drug-likeness (QED) is 0.851. The van der Waals surface area contributed by atoms with Crippen molar-refractivity contribution in [3.63, 3.8) is 0 Å². The van der Waals surface area contributed by atoms with Gasteiger partial charge in [-0.1, -0.05) is 31.2 Å². The summed E-state index contributed by atoms with van der Waals surface area (Å²) in [6.45, 7) is 7.44. The molecular weight excluding hydrogens is 326 g/mol. The first-order chi connectivity index (χ1) is 10.0. The molecule has 0 bridgehead atoms. The van der Waals surface area contributed by atoms with E-state index in [-0.39, 0.29) is 0 Å². The molecule has 1 heterocycles. The fourth-order valence-corrected chi connectivity index (χ4v) is 3.18. The SMILES string of the molecule is CCCNC(Cc1c(Br)c(C)nn1C)c1ccccc1C. The van der Waals surface area contributed by atoms with E-state index in [2.05, 4.69) is 64.5 Å². The highest BCUT2D eigenvalue weighted by atomic mass is 79.9. The number of nitrogens with zero attached hydrogens (tertiary/aromatic N) is 2. The zero-order valence-corrected chi connectivity index (χ0v) is 14.9. The molecule has 0 spiro atoms. The van der Waals surface area contributed by atoms with E-state index < -0.39 is 0 Å². The largest absolute Gasteiger partial charge is 0.310 e. The van der Waals surface area contributed by atoms with E-state index >= 15 is 0 Å². The Balaban J connectivity index is 2.31. The molecule has 0 aliphatic carbocycles.